The van der Waals surface area contributed by atoms with E-state index in [0.29, 0.717) is 22.8 Å². The summed E-state index contributed by atoms with van der Waals surface area (Å²) in [5.41, 5.74) is 5.12. The molecule has 3 aromatic heterocycles. The van der Waals surface area contributed by atoms with E-state index < -0.39 is 15.1 Å². The van der Waals surface area contributed by atoms with E-state index in [1.54, 1.807) is 0 Å². The maximum atomic E-state index is 14.0. The van der Waals surface area contributed by atoms with Crippen LogP contribution in [0, 0.1) is 12.3 Å². The summed E-state index contributed by atoms with van der Waals surface area (Å²) in [6.45, 7) is 2.08. The van der Waals surface area contributed by atoms with Crippen LogP contribution >= 0.6 is 0 Å². The Bertz CT molecular complexity index is 1940. The largest absolute Gasteiger partial charge is 0.340 e. The third kappa shape index (κ3) is 3.91. The van der Waals surface area contributed by atoms with Crippen LogP contribution in [0.15, 0.2) is 58.5 Å². The third-order valence-electron chi connectivity index (χ3n) is 7.16. The van der Waals surface area contributed by atoms with Crippen LogP contribution in [0.1, 0.15) is 49.8 Å². The SMILES string of the molecule is C#Cc1ccc2c(c1)[nH]c1c2c(=O)c2cc(CCCC)c(-c3cncc(S(=O)(=O)F)c3)cc2n1C1CC1. The van der Waals surface area contributed by atoms with Gasteiger partial charge in [-0.15, -0.1) is 10.3 Å². The first-order chi connectivity index (χ1) is 17.8. The van der Waals surface area contributed by atoms with Crippen LogP contribution in [-0.4, -0.2) is 23.0 Å². The number of hydrogen-bond donors (Lipinski definition) is 1. The smallest absolute Gasteiger partial charge is 0.333 e. The van der Waals surface area contributed by atoms with E-state index in [1.165, 1.54) is 12.3 Å². The number of terminal acetylenes is 1. The fourth-order valence-electron chi connectivity index (χ4n) is 5.21. The number of halogens is 1. The molecule has 3 heterocycles. The number of H-pyrrole nitrogens is 1. The molecule has 0 spiro atoms. The van der Waals surface area contributed by atoms with Crippen LogP contribution in [0.3, 0.4) is 0 Å². The number of unbranched alkanes of at least 4 members (excludes halogenated alkanes) is 1. The van der Waals surface area contributed by atoms with Gasteiger partial charge in [0.15, 0.2) is 5.43 Å². The summed E-state index contributed by atoms with van der Waals surface area (Å²) in [5.74, 6) is 2.65. The average Bonchev–Trinajstić information content (AvgIpc) is 3.65. The van der Waals surface area contributed by atoms with Gasteiger partial charge in [-0.1, -0.05) is 25.3 Å². The highest BCUT2D eigenvalue weighted by Crippen LogP contribution is 2.42. The van der Waals surface area contributed by atoms with Crippen molar-refractivity contribution in [2.75, 3.05) is 0 Å². The molecule has 1 aliphatic rings. The number of aromatic amines is 1. The van der Waals surface area contributed by atoms with Gasteiger partial charge in [-0.25, -0.2) is 0 Å². The van der Waals surface area contributed by atoms with E-state index in [4.69, 9.17) is 6.42 Å². The maximum absolute atomic E-state index is 14.0. The Morgan fingerprint density at radius 1 is 1.16 bits per heavy atom. The van der Waals surface area contributed by atoms with Gasteiger partial charge in [-0.2, -0.15) is 8.42 Å². The number of fused-ring (bicyclic) bond motifs is 4. The molecule has 0 atom stereocenters. The second kappa shape index (κ2) is 8.56. The molecule has 6 nitrogen and oxygen atoms in total. The summed E-state index contributed by atoms with van der Waals surface area (Å²) in [6, 6.07) is 11.0. The zero-order valence-corrected chi connectivity index (χ0v) is 21.0. The Balaban J connectivity index is 1.72. The number of benzene rings is 2. The van der Waals surface area contributed by atoms with Crippen molar-refractivity contribution in [2.24, 2.45) is 0 Å². The minimum Gasteiger partial charge on any atom is -0.340 e. The Hall–Kier alpha value is -3.96. The van der Waals surface area contributed by atoms with Crippen LogP contribution in [0.2, 0.25) is 0 Å². The van der Waals surface area contributed by atoms with Crippen molar-refractivity contribution in [3.05, 3.63) is 70.1 Å². The van der Waals surface area contributed by atoms with Gasteiger partial charge in [0.25, 0.3) is 0 Å². The lowest BCUT2D eigenvalue weighted by atomic mass is 9.94. The first-order valence-electron chi connectivity index (χ1n) is 12.3. The first kappa shape index (κ1) is 23.4. The van der Waals surface area contributed by atoms with E-state index in [-0.39, 0.29) is 11.5 Å². The summed E-state index contributed by atoms with van der Waals surface area (Å²) in [7, 11) is -4.91. The molecule has 1 aliphatic carbocycles. The third-order valence-corrected chi connectivity index (χ3v) is 7.94. The molecular formula is C29H24FN3O3S. The van der Waals surface area contributed by atoms with Gasteiger partial charge in [0.2, 0.25) is 0 Å². The lowest BCUT2D eigenvalue weighted by Crippen LogP contribution is -2.11. The van der Waals surface area contributed by atoms with Crippen molar-refractivity contribution in [3.8, 4) is 23.5 Å². The predicted molar refractivity (Wildman–Crippen MR) is 144 cm³/mol. The molecule has 0 unspecified atom stereocenters. The molecule has 0 bridgehead atoms. The zero-order chi connectivity index (χ0) is 25.9. The lowest BCUT2D eigenvalue weighted by Gasteiger charge is -2.17. The Labute approximate surface area is 213 Å². The molecule has 5 aromatic rings. The summed E-state index contributed by atoms with van der Waals surface area (Å²) in [4.78, 5) is 20.9. The maximum Gasteiger partial charge on any atom is 0.333 e. The van der Waals surface area contributed by atoms with Gasteiger partial charge >= 0.3 is 10.2 Å². The van der Waals surface area contributed by atoms with E-state index in [1.807, 2.05) is 30.3 Å². The van der Waals surface area contributed by atoms with Crippen molar-refractivity contribution >= 4 is 43.1 Å². The van der Waals surface area contributed by atoms with Crippen LogP contribution < -0.4 is 5.43 Å². The van der Waals surface area contributed by atoms with Gasteiger partial charge in [0.1, 0.15) is 10.5 Å². The molecular weight excluding hydrogens is 489 g/mol. The highest BCUT2D eigenvalue weighted by molar-refractivity contribution is 7.86. The molecule has 0 aliphatic heterocycles. The molecule has 6 rings (SSSR count). The minimum atomic E-state index is -4.91. The van der Waals surface area contributed by atoms with Gasteiger partial charge in [-0.05, 0) is 67.1 Å². The lowest BCUT2D eigenvalue weighted by molar-refractivity contribution is 0.551. The number of hydrogen-bond acceptors (Lipinski definition) is 4. The Morgan fingerprint density at radius 3 is 2.68 bits per heavy atom. The fraction of sp³-hybridized carbons (Fsp3) is 0.241. The minimum absolute atomic E-state index is 0.0656. The van der Waals surface area contributed by atoms with Crippen LogP contribution in [-0.2, 0) is 16.6 Å². The Kier molecular flexibility index (Phi) is 5.42. The number of aromatic nitrogens is 3. The number of aryl methyl sites for hydroxylation is 1. The summed E-state index contributed by atoms with van der Waals surface area (Å²) in [6.07, 6.45) is 12.6. The van der Waals surface area contributed by atoms with Crippen molar-refractivity contribution in [1.82, 2.24) is 14.5 Å². The van der Waals surface area contributed by atoms with Crippen LogP contribution in [0.4, 0.5) is 3.89 Å². The second-order valence-corrected chi connectivity index (χ2v) is 11.0. The average molecular weight is 514 g/mol. The molecule has 1 N–H and O–H groups in total. The van der Waals surface area contributed by atoms with E-state index >= 15 is 0 Å². The zero-order valence-electron chi connectivity index (χ0n) is 20.2. The van der Waals surface area contributed by atoms with E-state index in [2.05, 4.69) is 27.4 Å². The molecule has 1 saturated carbocycles. The van der Waals surface area contributed by atoms with Gasteiger partial charge in [0, 0.05) is 45.9 Å². The number of rotatable bonds is 6. The Morgan fingerprint density at radius 2 is 1.97 bits per heavy atom. The molecule has 1 fully saturated rings. The standard InChI is InChI=1S/C29H24FN3O3S/c1-3-5-6-18-13-24-26(14-23(18)19-12-21(16-31-15-19)37(30,35)36)33(20-8-9-20)29-27(28(24)34)22-10-7-17(4-2)11-25(22)32-29/h2,7,10-16,20,32H,3,5-6,8-9H2,1H3. The van der Waals surface area contributed by atoms with Gasteiger partial charge < -0.3 is 9.55 Å². The van der Waals surface area contributed by atoms with E-state index in [9.17, 15) is 17.1 Å². The summed E-state index contributed by atoms with van der Waals surface area (Å²) >= 11 is 0. The molecule has 0 amide bonds. The quantitative estimate of drug-likeness (QED) is 0.222. The summed E-state index contributed by atoms with van der Waals surface area (Å²) in [5, 5.41) is 2.08. The van der Waals surface area contributed by atoms with Crippen molar-refractivity contribution in [3.63, 3.8) is 0 Å². The second-order valence-electron chi connectivity index (χ2n) is 9.66. The molecule has 186 valence electrons. The number of nitrogens with zero attached hydrogens (tertiary/aromatic N) is 2. The molecule has 37 heavy (non-hydrogen) atoms. The molecule has 8 heteroatoms. The van der Waals surface area contributed by atoms with E-state index in [0.717, 1.165) is 70.6 Å². The van der Waals surface area contributed by atoms with Crippen molar-refractivity contribution in [1.29, 1.82) is 0 Å². The molecule has 0 saturated heterocycles. The predicted octanol–water partition coefficient (Wildman–Crippen LogP) is 6.02. The van der Waals surface area contributed by atoms with Crippen LogP contribution in [0.25, 0.3) is 44.0 Å². The highest BCUT2D eigenvalue weighted by atomic mass is 32.3. The normalized spacial score (nSPS) is 14.0. The molecule has 2 aromatic carbocycles. The van der Waals surface area contributed by atoms with Crippen molar-refractivity contribution in [2.45, 2.75) is 50.0 Å². The number of nitrogens with one attached hydrogen (secondary N) is 1. The summed E-state index contributed by atoms with van der Waals surface area (Å²) < 4.78 is 39.2. The monoisotopic (exact) mass is 513 g/mol. The first-order valence-corrected chi connectivity index (χ1v) is 13.7. The van der Waals surface area contributed by atoms with Gasteiger partial charge in [0.05, 0.1) is 10.9 Å². The van der Waals surface area contributed by atoms with Crippen LogP contribution in [0.5, 0.6) is 0 Å². The fourth-order valence-corrected chi connectivity index (χ4v) is 5.66. The molecule has 0 radical (unpaired) electrons. The highest BCUT2D eigenvalue weighted by Gasteiger charge is 2.29. The topological polar surface area (TPSA) is 84.8 Å². The van der Waals surface area contributed by atoms with Gasteiger partial charge in [-0.3, -0.25) is 9.78 Å². The van der Waals surface area contributed by atoms with Crippen molar-refractivity contribution < 1.29 is 12.3 Å². The number of pyridine rings is 2.